The van der Waals surface area contributed by atoms with Crippen molar-refractivity contribution in [3.8, 4) is 0 Å². The minimum atomic E-state index is 0.555. The molecule has 1 rings (SSSR count). The zero-order valence-corrected chi connectivity index (χ0v) is 10.9. The summed E-state index contributed by atoms with van der Waals surface area (Å²) in [6.07, 6.45) is 3.92. The summed E-state index contributed by atoms with van der Waals surface area (Å²) in [5.74, 6) is 0.586. The minimum Gasteiger partial charge on any atom is -0.314 e. The van der Waals surface area contributed by atoms with Gasteiger partial charge in [0, 0.05) is 6.04 Å². The molecule has 2 unspecified atom stereocenters. The molecule has 2 atom stereocenters. The third-order valence-electron chi connectivity index (χ3n) is 3.32. The molecule has 1 heteroatoms. The first-order valence-electron chi connectivity index (χ1n) is 6.54. The van der Waals surface area contributed by atoms with Crippen LogP contribution in [-0.4, -0.2) is 12.6 Å². The van der Waals surface area contributed by atoms with Crippen molar-refractivity contribution < 1.29 is 0 Å². The van der Waals surface area contributed by atoms with Crippen molar-refractivity contribution in [2.24, 2.45) is 0 Å². The molecule has 0 aliphatic carbocycles. The Balaban J connectivity index is 2.33. The van der Waals surface area contributed by atoms with E-state index in [1.807, 2.05) is 0 Å². The summed E-state index contributed by atoms with van der Waals surface area (Å²) in [5.41, 5.74) is 1.43. The van der Waals surface area contributed by atoms with Crippen LogP contribution in [-0.2, 0) is 0 Å². The summed E-state index contributed by atoms with van der Waals surface area (Å²) in [7, 11) is 0. The van der Waals surface area contributed by atoms with Crippen molar-refractivity contribution in [1.82, 2.24) is 5.32 Å². The molecule has 90 valence electrons. The molecule has 0 aliphatic rings. The van der Waals surface area contributed by atoms with Crippen LogP contribution in [0.4, 0.5) is 0 Å². The first-order valence-corrected chi connectivity index (χ1v) is 6.54. The number of hydrogen-bond donors (Lipinski definition) is 1. The fraction of sp³-hybridized carbons (Fsp3) is 0.600. The van der Waals surface area contributed by atoms with E-state index in [2.05, 4.69) is 56.4 Å². The molecule has 0 amide bonds. The van der Waals surface area contributed by atoms with Crippen molar-refractivity contribution >= 4 is 0 Å². The minimum absolute atomic E-state index is 0.555. The number of rotatable bonds is 7. The van der Waals surface area contributed by atoms with Gasteiger partial charge in [-0.05, 0) is 31.4 Å². The van der Waals surface area contributed by atoms with Crippen LogP contribution < -0.4 is 5.32 Å². The monoisotopic (exact) mass is 219 g/mol. The molecular formula is C15H25N. The quantitative estimate of drug-likeness (QED) is 0.684. The molecule has 16 heavy (non-hydrogen) atoms. The Kier molecular flexibility index (Phi) is 6.17. The van der Waals surface area contributed by atoms with Crippen LogP contribution in [0.15, 0.2) is 30.3 Å². The summed E-state index contributed by atoms with van der Waals surface area (Å²) in [6, 6.07) is 11.3. The molecule has 1 nitrogen and oxygen atoms in total. The number of hydrogen-bond acceptors (Lipinski definition) is 1. The second-order valence-electron chi connectivity index (χ2n) is 4.65. The molecule has 0 aliphatic heterocycles. The van der Waals surface area contributed by atoms with Gasteiger partial charge in [-0.3, -0.25) is 0 Å². The average Bonchev–Trinajstić information content (AvgIpc) is 2.34. The Bertz CT molecular complexity index is 268. The normalized spacial score (nSPS) is 14.7. The predicted octanol–water partition coefficient (Wildman–Crippen LogP) is 3.96. The average molecular weight is 219 g/mol. The third-order valence-corrected chi connectivity index (χ3v) is 3.32. The first kappa shape index (κ1) is 13.2. The lowest BCUT2D eigenvalue weighted by Crippen LogP contribution is -2.31. The van der Waals surface area contributed by atoms with Gasteiger partial charge in [0.05, 0.1) is 0 Å². The highest BCUT2D eigenvalue weighted by Gasteiger charge is 2.12. The molecule has 0 heterocycles. The predicted molar refractivity (Wildman–Crippen MR) is 71.8 cm³/mol. The summed E-state index contributed by atoms with van der Waals surface area (Å²) < 4.78 is 0. The van der Waals surface area contributed by atoms with Crippen LogP contribution in [0, 0.1) is 0 Å². The van der Waals surface area contributed by atoms with Crippen molar-refractivity contribution in [3.63, 3.8) is 0 Å². The van der Waals surface area contributed by atoms with E-state index in [0.717, 1.165) is 6.54 Å². The highest BCUT2D eigenvalue weighted by atomic mass is 14.9. The molecule has 0 aromatic heterocycles. The lowest BCUT2D eigenvalue weighted by Gasteiger charge is -2.21. The van der Waals surface area contributed by atoms with Gasteiger partial charge in [0.1, 0.15) is 0 Å². The van der Waals surface area contributed by atoms with Gasteiger partial charge in [0.2, 0.25) is 0 Å². The Morgan fingerprint density at radius 1 is 1.06 bits per heavy atom. The maximum Gasteiger partial charge on any atom is 0.0105 e. The first-order chi connectivity index (χ1) is 7.75. The van der Waals surface area contributed by atoms with Gasteiger partial charge in [-0.1, -0.05) is 57.0 Å². The summed E-state index contributed by atoms with van der Waals surface area (Å²) in [5, 5.41) is 3.62. The molecule has 0 fully saturated rings. The van der Waals surface area contributed by atoms with Gasteiger partial charge in [0.15, 0.2) is 0 Å². The van der Waals surface area contributed by atoms with Crippen LogP contribution in [0.5, 0.6) is 0 Å². The number of benzene rings is 1. The fourth-order valence-corrected chi connectivity index (χ4v) is 1.93. The largest absolute Gasteiger partial charge is 0.314 e. The second kappa shape index (κ2) is 7.45. The topological polar surface area (TPSA) is 12.0 Å². The van der Waals surface area contributed by atoms with Crippen molar-refractivity contribution in [1.29, 1.82) is 0 Å². The molecule has 0 saturated carbocycles. The number of nitrogens with one attached hydrogen (secondary N) is 1. The summed E-state index contributed by atoms with van der Waals surface area (Å²) >= 11 is 0. The van der Waals surface area contributed by atoms with E-state index in [1.54, 1.807) is 0 Å². The van der Waals surface area contributed by atoms with Crippen LogP contribution >= 0.6 is 0 Å². The van der Waals surface area contributed by atoms with Crippen LogP contribution in [0.25, 0.3) is 0 Å². The van der Waals surface area contributed by atoms with E-state index < -0.39 is 0 Å². The van der Waals surface area contributed by atoms with E-state index in [-0.39, 0.29) is 0 Å². The Labute approximate surface area is 100 Å². The maximum absolute atomic E-state index is 3.62. The van der Waals surface area contributed by atoms with Crippen molar-refractivity contribution in [2.75, 3.05) is 6.54 Å². The van der Waals surface area contributed by atoms with E-state index in [1.165, 1.54) is 24.8 Å². The van der Waals surface area contributed by atoms with E-state index in [0.29, 0.717) is 12.0 Å². The van der Waals surface area contributed by atoms with E-state index >= 15 is 0 Å². The highest BCUT2D eigenvalue weighted by molar-refractivity contribution is 5.20. The van der Waals surface area contributed by atoms with E-state index in [9.17, 15) is 0 Å². The lowest BCUT2D eigenvalue weighted by molar-refractivity contribution is 0.470. The molecule has 0 bridgehead atoms. The van der Waals surface area contributed by atoms with Crippen LogP contribution in [0.2, 0.25) is 0 Å². The Morgan fingerprint density at radius 2 is 1.75 bits per heavy atom. The molecule has 1 aromatic rings. The van der Waals surface area contributed by atoms with Gasteiger partial charge < -0.3 is 5.32 Å². The van der Waals surface area contributed by atoms with Crippen molar-refractivity contribution in [2.45, 2.75) is 52.0 Å². The van der Waals surface area contributed by atoms with Gasteiger partial charge in [0.25, 0.3) is 0 Å². The van der Waals surface area contributed by atoms with Crippen molar-refractivity contribution in [3.05, 3.63) is 35.9 Å². The van der Waals surface area contributed by atoms with Crippen LogP contribution in [0.3, 0.4) is 0 Å². The zero-order chi connectivity index (χ0) is 11.8. The Morgan fingerprint density at radius 3 is 2.38 bits per heavy atom. The van der Waals surface area contributed by atoms with Gasteiger partial charge in [-0.25, -0.2) is 0 Å². The zero-order valence-electron chi connectivity index (χ0n) is 10.9. The molecule has 0 radical (unpaired) electrons. The number of unbranched alkanes of at least 4 members (excludes halogenated alkanes) is 2. The van der Waals surface area contributed by atoms with Crippen LogP contribution in [0.1, 0.15) is 51.5 Å². The smallest absolute Gasteiger partial charge is 0.0105 e. The third kappa shape index (κ3) is 4.36. The molecule has 1 aromatic carbocycles. The summed E-state index contributed by atoms with van der Waals surface area (Å²) in [6.45, 7) is 7.97. The van der Waals surface area contributed by atoms with Gasteiger partial charge in [-0.2, -0.15) is 0 Å². The lowest BCUT2D eigenvalue weighted by atomic mass is 9.94. The molecule has 1 N–H and O–H groups in total. The summed E-state index contributed by atoms with van der Waals surface area (Å²) in [4.78, 5) is 0. The molecular weight excluding hydrogens is 194 g/mol. The maximum atomic E-state index is 3.62. The standard InChI is InChI=1S/C15H25N/c1-4-5-9-12-16-14(3)13(2)15-10-7-6-8-11-15/h6-8,10-11,13-14,16H,4-5,9,12H2,1-3H3. The van der Waals surface area contributed by atoms with E-state index in [4.69, 9.17) is 0 Å². The van der Waals surface area contributed by atoms with Gasteiger partial charge >= 0.3 is 0 Å². The highest BCUT2D eigenvalue weighted by Crippen LogP contribution is 2.18. The second-order valence-corrected chi connectivity index (χ2v) is 4.65. The van der Waals surface area contributed by atoms with Gasteiger partial charge in [-0.15, -0.1) is 0 Å². The molecule has 0 spiro atoms. The Hall–Kier alpha value is -0.820. The molecule has 0 saturated heterocycles. The SMILES string of the molecule is CCCCCNC(C)C(C)c1ccccc1. The fourth-order valence-electron chi connectivity index (χ4n) is 1.93.